The quantitative estimate of drug-likeness (QED) is 0.903. The number of piperazine rings is 1. The molecule has 1 N–H and O–H groups in total. The predicted molar refractivity (Wildman–Crippen MR) is 84.5 cm³/mol. The number of hydrogen-bond acceptors (Lipinski definition) is 3. The molecule has 0 saturated carbocycles. The minimum atomic E-state index is 0.208. The van der Waals surface area contributed by atoms with Gasteiger partial charge in [0.1, 0.15) is 5.75 Å². The summed E-state index contributed by atoms with van der Waals surface area (Å²) in [5.74, 6) is 1.59. The maximum atomic E-state index is 12.3. The van der Waals surface area contributed by atoms with Gasteiger partial charge in [0, 0.05) is 25.7 Å². The Bertz CT molecular complexity index is 456. The maximum Gasteiger partial charge on any atom is 0.227 e. The van der Waals surface area contributed by atoms with Crippen LogP contribution in [0.5, 0.6) is 5.75 Å². The number of hydrogen-bond donors (Lipinski definition) is 1. The lowest BCUT2D eigenvalue weighted by molar-refractivity contribution is -0.133. The largest absolute Gasteiger partial charge is 0.493 e. The number of carbonyl (C=O) groups is 1. The number of ether oxygens (including phenoxy) is 1. The van der Waals surface area contributed by atoms with Gasteiger partial charge < -0.3 is 15.0 Å². The first-order chi connectivity index (χ1) is 10.1. The molecule has 0 bridgehead atoms. The Hall–Kier alpha value is -1.55. The summed E-state index contributed by atoms with van der Waals surface area (Å²) in [4.78, 5) is 14.3. The molecule has 1 amide bonds. The molecular formula is C17H26N2O2. The molecule has 21 heavy (non-hydrogen) atoms. The summed E-state index contributed by atoms with van der Waals surface area (Å²) in [5.41, 5.74) is 1.04. The van der Waals surface area contributed by atoms with Crippen molar-refractivity contribution >= 4 is 5.91 Å². The topological polar surface area (TPSA) is 41.6 Å². The Morgan fingerprint density at radius 2 is 2.10 bits per heavy atom. The standard InChI is InChI=1S/C17H26N2O2/c1-13(2)12-21-16-6-4-15(5-7-16)10-17(20)19-9-8-18-11-14(19)3/h4-7,13-14,18H,8-12H2,1-3H3. The van der Waals surface area contributed by atoms with Crippen molar-refractivity contribution in [3.8, 4) is 5.75 Å². The molecule has 0 aromatic heterocycles. The average molecular weight is 290 g/mol. The lowest BCUT2D eigenvalue weighted by atomic mass is 10.1. The molecule has 1 heterocycles. The van der Waals surface area contributed by atoms with Crippen molar-refractivity contribution in [1.29, 1.82) is 0 Å². The van der Waals surface area contributed by atoms with Gasteiger partial charge in [0.25, 0.3) is 0 Å². The molecule has 1 aliphatic heterocycles. The Morgan fingerprint density at radius 1 is 1.38 bits per heavy atom. The SMILES string of the molecule is CC(C)COc1ccc(CC(=O)N2CCNCC2C)cc1. The van der Waals surface area contributed by atoms with Gasteiger partial charge in [0.05, 0.1) is 13.0 Å². The summed E-state index contributed by atoms with van der Waals surface area (Å²) in [7, 11) is 0. The van der Waals surface area contributed by atoms with E-state index in [1.165, 1.54) is 0 Å². The van der Waals surface area contributed by atoms with E-state index < -0.39 is 0 Å². The highest BCUT2D eigenvalue weighted by molar-refractivity contribution is 5.79. The fourth-order valence-corrected chi connectivity index (χ4v) is 2.45. The molecule has 4 nitrogen and oxygen atoms in total. The molecule has 1 aliphatic rings. The highest BCUT2D eigenvalue weighted by atomic mass is 16.5. The number of nitrogens with one attached hydrogen (secondary N) is 1. The average Bonchev–Trinajstić information content (AvgIpc) is 2.47. The Morgan fingerprint density at radius 3 is 2.71 bits per heavy atom. The molecule has 1 fully saturated rings. The van der Waals surface area contributed by atoms with Crippen molar-refractivity contribution in [3.63, 3.8) is 0 Å². The molecule has 1 aromatic rings. The third kappa shape index (κ3) is 4.74. The summed E-state index contributed by atoms with van der Waals surface area (Å²) >= 11 is 0. The first kappa shape index (κ1) is 15.8. The second kappa shape index (κ2) is 7.46. The van der Waals surface area contributed by atoms with Crippen LogP contribution in [0.2, 0.25) is 0 Å². The van der Waals surface area contributed by atoms with Crippen LogP contribution in [0.25, 0.3) is 0 Å². The van der Waals surface area contributed by atoms with Crippen molar-refractivity contribution in [2.45, 2.75) is 33.2 Å². The van der Waals surface area contributed by atoms with Crippen LogP contribution < -0.4 is 10.1 Å². The van der Waals surface area contributed by atoms with Gasteiger partial charge in [-0.25, -0.2) is 0 Å². The summed E-state index contributed by atoms with van der Waals surface area (Å²) < 4.78 is 5.66. The molecule has 0 spiro atoms. The molecule has 116 valence electrons. The van der Waals surface area contributed by atoms with Crippen LogP contribution in [-0.2, 0) is 11.2 Å². The van der Waals surface area contributed by atoms with Gasteiger partial charge in [-0.2, -0.15) is 0 Å². The van der Waals surface area contributed by atoms with E-state index in [4.69, 9.17) is 4.74 Å². The number of carbonyl (C=O) groups excluding carboxylic acids is 1. The van der Waals surface area contributed by atoms with E-state index in [9.17, 15) is 4.79 Å². The molecular weight excluding hydrogens is 264 g/mol. The molecule has 2 rings (SSSR count). The summed E-state index contributed by atoms with van der Waals surface area (Å²) in [6, 6.07) is 8.15. The van der Waals surface area contributed by atoms with E-state index >= 15 is 0 Å². The molecule has 1 saturated heterocycles. The lowest BCUT2D eigenvalue weighted by Gasteiger charge is -2.34. The van der Waals surface area contributed by atoms with E-state index in [1.807, 2.05) is 29.2 Å². The van der Waals surface area contributed by atoms with Crippen molar-refractivity contribution in [2.75, 3.05) is 26.2 Å². The van der Waals surface area contributed by atoms with Gasteiger partial charge in [-0.1, -0.05) is 26.0 Å². The highest BCUT2D eigenvalue weighted by Gasteiger charge is 2.22. The van der Waals surface area contributed by atoms with Gasteiger partial charge in [0.15, 0.2) is 0 Å². The van der Waals surface area contributed by atoms with Gasteiger partial charge in [-0.05, 0) is 30.5 Å². The molecule has 1 unspecified atom stereocenters. The smallest absolute Gasteiger partial charge is 0.227 e. The van der Waals surface area contributed by atoms with E-state index in [1.54, 1.807) is 0 Å². The van der Waals surface area contributed by atoms with Crippen molar-refractivity contribution in [3.05, 3.63) is 29.8 Å². The Balaban J connectivity index is 1.89. The third-order valence-corrected chi connectivity index (χ3v) is 3.68. The third-order valence-electron chi connectivity index (χ3n) is 3.68. The number of nitrogens with zero attached hydrogens (tertiary/aromatic N) is 1. The molecule has 0 aliphatic carbocycles. The van der Waals surface area contributed by atoms with Crippen molar-refractivity contribution < 1.29 is 9.53 Å². The normalized spacial score (nSPS) is 18.9. The summed E-state index contributed by atoms with van der Waals surface area (Å²) in [6.07, 6.45) is 0.467. The van der Waals surface area contributed by atoms with E-state index in [0.29, 0.717) is 12.3 Å². The molecule has 1 atom stereocenters. The number of benzene rings is 1. The second-order valence-electron chi connectivity index (χ2n) is 6.17. The van der Waals surface area contributed by atoms with E-state index in [-0.39, 0.29) is 11.9 Å². The molecule has 1 aromatic carbocycles. The summed E-state index contributed by atoms with van der Waals surface area (Å²) in [6.45, 7) is 9.63. The van der Waals surface area contributed by atoms with Crippen LogP contribution in [0.3, 0.4) is 0 Å². The minimum absolute atomic E-state index is 0.208. The van der Waals surface area contributed by atoms with Crippen molar-refractivity contribution in [1.82, 2.24) is 10.2 Å². The zero-order valence-electron chi connectivity index (χ0n) is 13.3. The van der Waals surface area contributed by atoms with Gasteiger partial charge in [-0.3, -0.25) is 4.79 Å². The van der Waals surface area contributed by atoms with Crippen LogP contribution in [0, 0.1) is 5.92 Å². The van der Waals surface area contributed by atoms with Gasteiger partial charge in [-0.15, -0.1) is 0 Å². The van der Waals surface area contributed by atoms with Crippen LogP contribution in [0.15, 0.2) is 24.3 Å². The monoisotopic (exact) mass is 290 g/mol. The fourth-order valence-electron chi connectivity index (χ4n) is 2.45. The first-order valence-electron chi connectivity index (χ1n) is 7.78. The number of rotatable bonds is 5. The van der Waals surface area contributed by atoms with Crippen LogP contribution in [0.4, 0.5) is 0 Å². The summed E-state index contributed by atoms with van der Waals surface area (Å²) in [5, 5.41) is 3.30. The van der Waals surface area contributed by atoms with Gasteiger partial charge >= 0.3 is 0 Å². The zero-order chi connectivity index (χ0) is 15.2. The second-order valence-corrected chi connectivity index (χ2v) is 6.17. The van der Waals surface area contributed by atoms with Crippen LogP contribution in [0.1, 0.15) is 26.3 Å². The minimum Gasteiger partial charge on any atom is -0.493 e. The van der Waals surface area contributed by atoms with Crippen molar-refractivity contribution in [2.24, 2.45) is 5.92 Å². The van der Waals surface area contributed by atoms with Gasteiger partial charge in [0.2, 0.25) is 5.91 Å². The predicted octanol–water partition coefficient (Wildman–Crippen LogP) is 2.08. The Kier molecular flexibility index (Phi) is 5.62. The lowest BCUT2D eigenvalue weighted by Crippen LogP contribution is -2.52. The maximum absolute atomic E-state index is 12.3. The van der Waals surface area contributed by atoms with Crippen LogP contribution >= 0.6 is 0 Å². The highest BCUT2D eigenvalue weighted by Crippen LogP contribution is 2.15. The zero-order valence-corrected chi connectivity index (χ0v) is 13.3. The Labute approximate surface area is 127 Å². The fraction of sp³-hybridized carbons (Fsp3) is 0.588. The molecule has 0 radical (unpaired) electrons. The first-order valence-corrected chi connectivity index (χ1v) is 7.78. The van der Waals surface area contributed by atoms with Crippen LogP contribution in [-0.4, -0.2) is 43.1 Å². The van der Waals surface area contributed by atoms with E-state index in [2.05, 4.69) is 26.1 Å². The molecule has 4 heteroatoms. The number of amides is 1. The van der Waals surface area contributed by atoms with E-state index in [0.717, 1.165) is 37.6 Å².